The molecule has 0 aromatic heterocycles. The average molecular weight is 471 g/mol. The van der Waals surface area contributed by atoms with Gasteiger partial charge in [0.1, 0.15) is 0 Å². The average Bonchev–Trinajstić information content (AvgIpc) is 2.81. The minimum Gasteiger partial charge on any atom is -0.493 e. The van der Waals surface area contributed by atoms with Gasteiger partial charge in [0.25, 0.3) is 0 Å². The van der Waals surface area contributed by atoms with Crippen molar-refractivity contribution in [3.05, 3.63) is 47.0 Å². The molecule has 0 aliphatic carbocycles. The van der Waals surface area contributed by atoms with Crippen LogP contribution in [0.3, 0.4) is 0 Å². The van der Waals surface area contributed by atoms with E-state index in [0.29, 0.717) is 30.2 Å². The van der Waals surface area contributed by atoms with Crippen LogP contribution in [0.1, 0.15) is 82.4 Å². The highest BCUT2D eigenvalue weighted by Gasteiger charge is 2.23. The van der Waals surface area contributed by atoms with E-state index in [-0.39, 0.29) is 17.2 Å². The molecule has 2 aromatic carbocycles. The van der Waals surface area contributed by atoms with Gasteiger partial charge in [0, 0.05) is 18.7 Å². The fraction of sp³-hybridized carbons (Fsp3) is 0.536. The molecular formula is C28H42N2O4. The smallest absolute Gasteiger partial charge is 0.224 e. The number of rotatable bonds is 12. The van der Waals surface area contributed by atoms with E-state index in [1.807, 2.05) is 24.3 Å². The number of unbranched alkanes of at least 4 members (excludes halogenated alkanes) is 2. The van der Waals surface area contributed by atoms with Crippen molar-refractivity contribution >= 4 is 11.6 Å². The van der Waals surface area contributed by atoms with Crippen molar-refractivity contribution < 1.29 is 19.0 Å². The molecule has 0 saturated heterocycles. The van der Waals surface area contributed by atoms with Gasteiger partial charge < -0.3 is 25.3 Å². The van der Waals surface area contributed by atoms with Gasteiger partial charge in [-0.05, 0) is 52.6 Å². The SMILES string of the molecule is CCCCCC(CC(=O)Nc1cc(CN)ccc1C(C)(C)C)c1cc(OC)c(OC)c(OC)c1. The first-order chi connectivity index (χ1) is 16.2. The summed E-state index contributed by atoms with van der Waals surface area (Å²) < 4.78 is 16.6. The molecule has 6 heteroatoms. The van der Waals surface area contributed by atoms with E-state index in [1.54, 1.807) is 21.3 Å². The minimum atomic E-state index is -0.104. The summed E-state index contributed by atoms with van der Waals surface area (Å²) in [6.07, 6.45) is 4.54. The van der Waals surface area contributed by atoms with Gasteiger partial charge in [-0.15, -0.1) is 0 Å². The van der Waals surface area contributed by atoms with Crippen LogP contribution in [0.15, 0.2) is 30.3 Å². The number of hydrogen-bond donors (Lipinski definition) is 2. The highest BCUT2D eigenvalue weighted by molar-refractivity contribution is 5.92. The normalized spacial score (nSPS) is 12.2. The molecule has 188 valence electrons. The molecule has 0 radical (unpaired) electrons. The maximum atomic E-state index is 13.3. The second-order valence-electron chi connectivity index (χ2n) is 9.74. The number of carbonyl (C=O) groups is 1. The zero-order valence-corrected chi connectivity index (χ0v) is 21.9. The van der Waals surface area contributed by atoms with Gasteiger partial charge in [-0.3, -0.25) is 4.79 Å². The number of benzene rings is 2. The lowest BCUT2D eigenvalue weighted by Gasteiger charge is -2.25. The second kappa shape index (κ2) is 12.7. The van der Waals surface area contributed by atoms with E-state index in [2.05, 4.69) is 39.1 Å². The summed E-state index contributed by atoms with van der Waals surface area (Å²) >= 11 is 0. The Morgan fingerprint density at radius 1 is 1.00 bits per heavy atom. The van der Waals surface area contributed by atoms with Crippen LogP contribution in [-0.2, 0) is 16.8 Å². The predicted octanol–water partition coefficient (Wildman–Crippen LogP) is 6.16. The number of hydrogen-bond acceptors (Lipinski definition) is 5. The number of carbonyl (C=O) groups excluding carboxylic acids is 1. The molecule has 0 heterocycles. The number of methoxy groups -OCH3 is 3. The Balaban J connectivity index is 2.37. The topological polar surface area (TPSA) is 82.8 Å². The minimum absolute atomic E-state index is 0.0186. The van der Waals surface area contributed by atoms with Crippen molar-refractivity contribution in [2.75, 3.05) is 26.6 Å². The quantitative estimate of drug-likeness (QED) is 0.363. The monoisotopic (exact) mass is 470 g/mol. The summed E-state index contributed by atoms with van der Waals surface area (Å²) in [7, 11) is 4.81. The van der Waals surface area contributed by atoms with Gasteiger partial charge in [-0.25, -0.2) is 0 Å². The van der Waals surface area contributed by atoms with Crippen LogP contribution in [-0.4, -0.2) is 27.2 Å². The summed E-state index contributed by atoms with van der Waals surface area (Å²) in [4.78, 5) is 13.3. The lowest BCUT2D eigenvalue weighted by molar-refractivity contribution is -0.116. The molecule has 2 rings (SSSR count). The summed E-state index contributed by atoms with van der Waals surface area (Å²) in [6, 6.07) is 10.0. The zero-order valence-electron chi connectivity index (χ0n) is 21.9. The molecule has 0 saturated carbocycles. The van der Waals surface area contributed by atoms with Gasteiger partial charge in [0.05, 0.1) is 21.3 Å². The Kier molecular flexibility index (Phi) is 10.2. The van der Waals surface area contributed by atoms with Gasteiger partial charge in [0.2, 0.25) is 11.7 Å². The van der Waals surface area contributed by atoms with Crippen molar-refractivity contribution in [2.45, 2.75) is 77.7 Å². The summed E-state index contributed by atoms with van der Waals surface area (Å²) in [5.74, 6) is 1.76. The number of amides is 1. The fourth-order valence-corrected chi connectivity index (χ4v) is 4.27. The maximum Gasteiger partial charge on any atom is 0.224 e. The van der Waals surface area contributed by atoms with E-state index in [4.69, 9.17) is 19.9 Å². The fourth-order valence-electron chi connectivity index (χ4n) is 4.27. The Labute approximate surface area is 205 Å². The largest absolute Gasteiger partial charge is 0.493 e. The maximum absolute atomic E-state index is 13.3. The standard InChI is InChI=1S/C28H42N2O4/c1-8-9-10-11-20(21-15-24(32-5)27(34-7)25(16-21)33-6)17-26(31)30-23-14-19(18-29)12-13-22(23)28(2,3)4/h12-16,20H,8-11,17-18,29H2,1-7H3,(H,30,31). The first kappa shape index (κ1) is 27.5. The molecule has 0 fully saturated rings. The first-order valence-corrected chi connectivity index (χ1v) is 12.1. The van der Waals surface area contributed by atoms with Crippen molar-refractivity contribution in [1.29, 1.82) is 0 Å². The molecule has 6 nitrogen and oxygen atoms in total. The lowest BCUT2D eigenvalue weighted by Crippen LogP contribution is -2.21. The Morgan fingerprint density at radius 2 is 1.65 bits per heavy atom. The van der Waals surface area contributed by atoms with Crippen LogP contribution in [0.5, 0.6) is 17.2 Å². The third-order valence-electron chi connectivity index (χ3n) is 6.15. The number of nitrogens with one attached hydrogen (secondary N) is 1. The Morgan fingerprint density at radius 3 is 2.15 bits per heavy atom. The molecule has 0 aliphatic rings. The molecule has 1 unspecified atom stereocenters. The third-order valence-corrected chi connectivity index (χ3v) is 6.15. The van der Waals surface area contributed by atoms with Crippen LogP contribution in [0.2, 0.25) is 0 Å². The molecule has 0 aliphatic heterocycles. The highest BCUT2D eigenvalue weighted by Crippen LogP contribution is 2.42. The van der Waals surface area contributed by atoms with Gasteiger partial charge in [-0.1, -0.05) is 59.1 Å². The Bertz CT molecular complexity index is 925. The number of anilines is 1. The first-order valence-electron chi connectivity index (χ1n) is 12.1. The summed E-state index contributed by atoms with van der Waals surface area (Å²) in [5.41, 5.74) is 9.68. The number of nitrogens with two attached hydrogens (primary N) is 1. The Hall–Kier alpha value is -2.73. The van der Waals surface area contributed by atoms with Crippen LogP contribution in [0.4, 0.5) is 5.69 Å². The third kappa shape index (κ3) is 7.13. The predicted molar refractivity (Wildman–Crippen MR) is 139 cm³/mol. The molecule has 3 N–H and O–H groups in total. The molecule has 0 bridgehead atoms. The second-order valence-corrected chi connectivity index (χ2v) is 9.74. The molecular weight excluding hydrogens is 428 g/mol. The van der Waals surface area contributed by atoms with Gasteiger partial charge in [0.15, 0.2) is 11.5 Å². The van der Waals surface area contributed by atoms with E-state index in [9.17, 15) is 4.79 Å². The van der Waals surface area contributed by atoms with E-state index < -0.39 is 0 Å². The number of ether oxygens (including phenoxy) is 3. The van der Waals surface area contributed by atoms with Gasteiger partial charge >= 0.3 is 0 Å². The van der Waals surface area contributed by atoms with E-state index in [0.717, 1.165) is 48.1 Å². The van der Waals surface area contributed by atoms with Crippen molar-refractivity contribution in [1.82, 2.24) is 0 Å². The molecule has 2 aromatic rings. The molecule has 34 heavy (non-hydrogen) atoms. The molecule has 1 amide bonds. The van der Waals surface area contributed by atoms with E-state index >= 15 is 0 Å². The van der Waals surface area contributed by atoms with Crippen LogP contribution >= 0.6 is 0 Å². The summed E-state index contributed by atoms with van der Waals surface area (Å²) in [5, 5.41) is 3.18. The molecule has 1 atom stereocenters. The van der Waals surface area contributed by atoms with Crippen molar-refractivity contribution in [2.24, 2.45) is 5.73 Å². The van der Waals surface area contributed by atoms with Crippen LogP contribution < -0.4 is 25.3 Å². The van der Waals surface area contributed by atoms with Crippen molar-refractivity contribution in [3.8, 4) is 17.2 Å². The van der Waals surface area contributed by atoms with Crippen LogP contribution in [0, 0.1) is 0 Å². The van der Waals surface area contributed by atoms with E-state index in [1.165, 1.54) is 0 Å². The lowest BCUT2D eigenvalue weighted by atomic mass is 9.85. The highest BCUT2D eigenvalue weighted by atomic mass is 16.5. The van der Waals surface area contributed by atoms with Gasteiger partial charge in [-0.2, -0.15) is 0 Å². The molecule has 0 spiro atoms. The zero-order chi connectivity index (χ0) is 25.3. The van der Waals surface area contributed by atoms with Crippen molar-refractivity contribution in [3.63, 3.8) is 0 Å². The summed E-state index contributed by atoms with van der Waals surface area (Å²) in [6.45, 7) is 9.04. The van der Waals surface area contributed by atoms with Crippen LogP contribution in [0.25, 0.3) is 0 Å².